The van der Waals surface area contributed by atoms with E-state index in [0.29, 0.717) is 18.3 Å². The van der Waals surface area contributed by atoms with E-state index in [1.165, 1.54) is 19.4 Å². The highest BCUT2D eigenvalue weighted by atomic mass is 16.5. The van der Waals surface area contributed by atoms with Crippen LogP contribution in [0.3, 0.4) is 0 Å². The third kappa shape index (κ3) is 4.22. The van der Waals surface area contributed by atoms with Gasteiger partial charge in [-0.15, -0.1) is 5.10 Å². The second-order valence-electron chi connectivity index (χ2n) is 7.46. The zero-order chi connectivity index (χ0) is 17.8. The van der Waals surface area contributed by atoms with Crippen molar-refractivity contribution in [3.63, 3.8) is 0 Å². The summed E-state index contributed by atoms with van der Waals surface area (Å²) in [6.45, 7) is 5.97. The summed E-state index contributed by atoms with van der Waals surface area (Å²) in [6.07, 6.45) is 8.20. The maximum Gasteiger partial charge on any atom is 0.266 e. The molecule has 0 radical (unpaired) electrons. The molecule has 0 N–H and O–H groups in total. The molecule has 4 rings (SSSR count). The van der Waals surface area contributed by atoms with Crippen LogP contribution in [-0.2, 0) is 11.3 Å². The second-order valence-corrected chi connectivity index (χ2v) is 7.46. The summed E-state index contributed by atoms with van der Waals surface area (Å²) in [5.74, 6) is 1.99. The van der Waals surface area contributed by atoms with E-state index in [-0.39, 0.29) is 5.56 Å². The maximum absolute atomic E-state index is 12.2. The van der Waals surface area contributed by atoms with E-state index in [0.717, 1.165) is 45.1 Å². The summed E-state index contributed by atoms with van der Waals surface area (Å²) in [6, 6.07) is 5.16. The predicted octanol–water partition coefficient (Wildman–Crippen LogP) is 1.57. The third-order valence-electron chi connectivity index (χ3n) is 5.59. The molecule has 2 fully saturated rings. The van der Waals surface area contributed by atoms with Gasteiger partial charge in [0.2, 0.25) is 0 Å². The Morgan fingerprint density at radius 1 is 1.04 bits per heavy atom. The Bertz CT molecular complexity index is 744. The summed E-state index contributed by atoms with van der Waals surface area (Å²) in [5.41, 5.74) is -0.0365. The van der Waals surface area contributed by atoms with Gasteiger partial charge < -0.3 is 9.64 Å². The number of hydrogen-bond donors (Lipinski definition) is 0. The third-order valence-corrected chi connectivity index (χ3v) is 5.59. The monoisotopic (exact) mass is 357 g/mol. The van der Waals surface area contributed by atoms with E-state index in [2.05, 4.69) is 15.1 Å². The van der Waals surface area contributed by atoms with Gasteiger partial charge in [-0.2, -0.15) is 5.10 Å². The summed E-state index contributed by atoms with van der Waals surface area (Å²) in [5, 5.41) is 8.69. The van der Waals surface area contributed by atoms with Crippen LogP contribution < -0.4 is 5.56 Å². The Balaban J connectivity index is 1.33. The van der Waals surface area contributed by atoms with Crippen molar-refractivity contribution >= 4 is 0 Å². The number of ether oxygens (including phenoxy) is 1. The highest BCUT2D eigenvalue weighted by molar-refractivity contribution is 5.17. The van der Waals surface area contributed by atoms with Crippen molar-refractivity contribution in [2.45, 2.75) is 32.2 Å². The molecule has 2 saturated heterocycles. The fraction of sp³-hybridized carbons (Fsp3) is 0.632. The molecule has 140 valence electrons. The Morgan fingerprint density at radius 3 is 2.54 bits per heavy atom. The summed E-state index contributed by atoms with van der Waals surface area (Å²) >= 11 is 0. The Hall–Kier alpha value is -1.99. The van der Waals surface area contributed by atoms with E-state index in [1.807, 2.05) is 12.3 Å². The number of nitrogens with zero attached hydrogens (tertiary/aromatic N) is 5. The van der Waals surface area contributed by atoms with Gasteiger partial charge in [-0.25, -0.2) is 9.36 Å². The molecule has 0 atom stereocenters. The van der Waals surface area contributed by atoms with E-state index in [9.17, 15) is 4.79 Å². The molecule has 0 unspecified atom stereocenters. The Morgan fingerprint density at radius 2 is 1.81 bits per heavy atom. The molecule has 2 aliphatic rings. The molecular weight excluding hydrogens is 330 g/mol. The standard InChI is InChI=1S/C19H27N5O2/c25-19-3-2-18(23-9-1-8-20-23)21-24(19)15-16-4-10-22(11-5-16)14-17-6-12-26-13-7-17/h1-3,8-9,16-17H,4-7,10-15H2. The van der Waals surface area contributed by atoms with Crippen LogP contribution in [0.25, 0.3) is 5.82 Å². The first-order chi connectivity index (χ1) is 12.8. The molecule has 2 aromatic rings. The zero-order valence-corrected chi connectivity index (χ0v) is 15.2. The molecule has 0 saturated carbocycles. The van der Waals surface area contributed by atoms with Crippen molar-refractivity contribution in [3.05, 3.63) is 40.9 Å². The molecule has 4 heterocycles. The van der Waals surface area contributed by atoms with Crippen LogP contribution in [0.15, 0.2) is 35.4 Å². The minimum Gasteiger partial charge on any atom is -0.381 e. The van der Waals surface area contributed by atoms with Gasteiger partial charge in [0.1, 0.15) is 0 Å². The van der Waals surface area contributed by atoms with Gasteiger partial charge in [0.15, 0.2) is 5.82 Å². The van der Waals surface area contributed by atoms with Gasteiger partial charge in [0.25, 0.3) is 5.56 Å². The fourth-order valence-electron chi connectivity index (χ4n) is 3.99. The van der Waals surface area contributed by atoms with E-state index in [4.69, 9.17) is 4.74 Å². The van der Waals surface area contributed by atoms with Crippen LogP contribution >= 0.6 is 0 Å². The summed E-state index contributed by atoms with van der Waals surface area (Å²) in [7, 11) is 0. The lowest BCUT2D eigenvalue weighted by molar-refractivity contribution is 0.0459. The molecule has 0 bridgehead atoms. The molecule has 0 spiro atoms. The van der Waals surface area contributed by atoms with Gasteiger partial charge in [-0.05, 0) is 62.7 Å². The average molecular weight is 357 g/mol. The molecule has 7 nitrogen and oxygen atoms in total. The Labute approximate surface area is 153 Å². The minimum absolute atomic E-state index is 0.0365. The van der Waals surface area contributed by atoms with Gasteiger partial charge in [0, 0.05) is 44.8 Å². The normalized spacial score (nSPS) is 20.5. The van der Waals surface area contributed by atoms with Crippen molar-refractivity contribution in [3.8, 4) is 5.82 Å². The second kappa shape index (κ2) is 8.14. The average Bonchev–Trinajstić information content (AvgIpc) is 3.21. The van der Waals surface area contributed by atoms with Crippen LogP contribution in [0, 0.1) is 11.8 Å². The lowest BCUT2D eigenvalue weighted by Gasteiger charge is -2.35. The molecule has 2 aliphatic heterocycles. The van der Waals surface area contributed by atoms with Crippen molar-refractivity contribution < 1.29 is 4.74 Å². The predicted molar refractivity (Wildman–Crippen MR) is 98.3 cm³/mol. The topological polar surface area (TPSA) is 65.2 Å². The summed E-state index contributed by atoms with van der Waals surface area (Å²) in [4.78, 5) is 14.8. The first-order valence-corrected chi connectivity index (χ1v) is 9.66. The largest absolute Gasteiger partial charge is 0.381 e. The highest BCUT2D eigenvalue weighted by Crippen LogP contribution is 2.22. The first-order valence-electron chi connectivity index (χ1n) is 9.66. The number of rotatable bonds is 5. The number of aromatic nitrogens is 4. The van der Waals surface area contributed by atoms with Crippen LogP contribution in [0.5, 0.6) is 0 Å². The van der Waals surface area contributed by atoms with E-state index in [1.54, 1.807) is 27.7 Å². The quantitative estimate of drug-likeness (QED) is 0.813. The van der Waals surface area contributed by atoms with Gasteiger partial charge in [0.05, 0.1) is 0 Å². The van der Waals surface area contributed by atoms with Crippen molar-refractivity contribution in [1.29, 1.82) is 0 Å². The van der Waals surface area contributed by atoms with E-state index >= 15 is 0 Å². The molecule has 0 aliphatic carbocycles. The van der Waals surface area contributed by atoms with Gasteiger partial charge >= 0.3 is 0 Å². The first kappa shape index (κ1) is 17.4. The SMILES string of the molecule is O=c1ccc(-n2cccn2)nn1CC1CCN(CC2CCOCC2)CC1. The zero-order valence-electron chi connectivity index (χ0n) is 15.2. The molecule has 0 aromatic carbocycles. The van der Waals surface area contributed by atoms with Gasteiger partial charge in [-0.1, -0.05) is 0 Å². The highest BCUT2D eigenvalue weighted by Gasteiger charge is 2.23. The number of piperidine rings is 1. The maximum atomic E-state index is 12.2. The fourth-order valence-corrected chi connectivity index (χ4v) is 3.99. The molecule has 7 heteroatoms. The van der Waals surface area contributed by atoms with Crippen molar-refractivity contribution in [2.75, 3.05) is 32.8 Å². The van der Waals surface area contributed by atoms with Crippen molar-refractivity contribution in [2.24, 2.45) is 11.8 Å². The van der Waals surface area contributed by atoms with E-state index < -0.39 is 0 Å². The number of likely N-dealkylation sites (tertiary alicyclic amines) is 1. The Kier molecular flexibility index (Phi) is 5.45. The van der Waals surface area contributed by atoms with Crippen LogP contribution in [0.2, 0.25) is 0 Å². The molecule has 2 aromatic heterocycles. The number of hydrogen-bond acceptors (Lipinski definition) is 5. The summed E-state index contributed by atoms with van der Waals surface area (Å²) < 4.78 is 8.75. The minimum atomic E-state index is -0.0365. The van der Waals surface area contributed by atoms with Gasteiger partial charge in [-0.3, -0.25) is 4.79 Å². The molecule has 0 amide bonds. The lowest BCUT2D eigenvalue weighted by Crippen LogP contribution is -2.40. The van der Waals surface area contributed by atoms with Crippen LogP contribution in [0.4, 0.5) is 0 Å². The smallest absolute Gasteiger partial charge is 0.266 e. The molecular formula is C19H27N5O2. The van der Waals surface area contributed by atoms with Crippen molar-refractivity contribution in [1.82, 2.24) is 24.5 Å². The lowest BCUT2D eigenvalue weighted by atomic mass is 9.94. The molecule has 26 heavy (non-hydrogen) atoms. The van der Waals surface area contributed by atoms with Crippen LogP contribution in [0.1, 0.15) is 25.7 Å². The van der Waals surface area contributed by atoms with Crippen LogP contribution in [-0.4, -0.2) is 57.3 Å².